The van der Waals surface area contributed by atoms with Gasteiger partial charge in [-0.1, -0.05) is 0 Å². The van der Waals surface area contributed by atoms with E-state index < -0.39 is 5.97 Å². The summed E-state index contributed by atoms with van der Waals surface area (Å²) in [5.74, 6) is -1.05. The molecule has 5 nitrogen and oxygen atoms in total. The minimum atomic E-state index is -0.854. The summed E-state index contributed by atoms with van der Waals surface area (Å²) >= 11 is 3.29. The SMILES string of the molecule is CC(CCC(=O)O)NC(=O)c1cc(Br)cn1C. The Kier molecular flexibility index (Phi) is 4.74. The van der Waals surface area contributed by atoms with E-state index in [0.717, 1.165) is 4.47 Å². The molecule has 0 saturated heterocycles. The van der Waals surface area contributed by atoms with Crippen LogP contribution in [0.1, 0.15) is 30.3 Å². The first kappa shape index (κ1) is 13.8. The third-order valence-corrected chi connectivity index (χ3v) is 2.81. The molecule has 0 aliphatic heterocycles. The van der Waals surface area contributed by atoms with Gasteiger partial charge in [0.25, 0.3) is 5.91 Å². The number of carboxylic acids is 1. The van der Waals surface area contributed by atoms with Gasteiger partial charge < -0.3 is 15.0 Å². The number of carboxylic acid groups (broad SMARTS) is 1. The van der Waals surface area contributed by atoms with Crippen LogP contribution in [0.2, 0.25) is 0 Å². The molecule has 6 heteroatoms. The maximum atomic E-state index is 11.8. The summed E-state index contributed by atoms with van der Waals surface area (Å²) in [6.45, 7) is 1.79. The third-order valence-electron chi connectivity index (χ3n) is 2.37. The molecule has 1 heterocycles. The molecule has 1 aromatic rings. The average Bonchev–Trinajstić information content (AvgIpc) is 2.55. The predicted molar refractivity (Wildman–Crippen MR) is 66.9 cm³/mol. The lowest BCUT2D eigenvalue weighted by molar-refractivity contribution is -0.137. The monoisotopic (exact) mass is 302 g/mol. The van der Waals surface area contributed by atoms with Crippen LogP contribution in [0, 0.1) is 0 Å². The number of aryl methyl sites for hydroxylation is 1. The number of halogens is 1. The lowest BCUT2D eigenvalue weighted by Gasteiger charge is -2.12. The van der Waals surface area contributed by atoms with Crippen molar-refractivity contribution < 1.29 is 14.7 Å². The molecule has 0 bridgehead atoms. The molecule has 0 aromatic carbocycles. The van der Waals surface area contributed by atoms with Crippen molar-refractivity contribution in [3.63, 3.8) is 0 Å². The van der Waals surface area contributed by atoms with Crippen molar-refractivity contribution in [2.45, 2.75) is 25.8 Å². The van der Waals surface area contributed by atoms with Crippen LogP contribution < -0.4 is 5.32 Å². The van der Waals surface area contributed by atoms with Crippen LogP contribution in [0.3, 0.4) is 0 Å². The molecule has 0 spiro atoms. The maximum Gasteiger partial charge on any atom is 0.303 e. The summed E-state index contributed by atoms with van der Waals surface area (Å²) < 4.78 is 2.55. The molecule has 1 unspecified atom stereocenters. The van der Waals surface area contributed by atoms with Crippen molar-refractivity contribution in [2.24, 2.45) is 7.05 Å². The molecule has 94 valence electrons. The van der Waals surface area contributed by atoms with Gasteiger partial charge in [-0.05, 0) is 35.3 Å². The van der Waals surface area contributed by atoms with Gasteiger partial charge in [0.2, 0.25) is 0 Å². The normalized spacial score (nSPS) is 12.2. The van der Waals surface area contributed by atoms with Crippen molar-refractivity contribution in [1.82, 2.24) is 9.88 Å². The van der Waals surface area contributed by atoms with E-state index in [1.165, 1.54) is 0 Å². The van der Waals surface area contributed by atoms with Gasteiger partial charge in [-0.2, -0.15) is 0 Å². The summed E-state index contributed by atoms with van der Waals surface area (Å²) in [4.78, 5) is 22.2. The Hall–Kier alpha value is -1.30. The third kappa shape index (κ3) is 4.22. The molecule has 2 N–H and O–H groups in total. The minimum absolute atomic E-state index is 0.0538. The van der Waals surface area contributed by atoms with Crippen molar-refractivity contribution >= 4 is 27.8 Å². The molecule has 0 aliphatic rings. The predicted octanol–water partition coefficient (Wildman–Crippen LogP) is 1.77. The maximum absolute atomic E-state index is 11.8. The van der Waals surface area contributed by atoms with Gasteiger partial charge in [0.15, 0.2) is 0 Å². The van der Waals surface area contributed by atoms with Crippen LogP contribution in [-0.4, -0.2) is 27.6 Å². The molecular weight excluding hydrogens is 288 g/mol. The Labute approximate surface area is 108 Å². The summed E-state index contributed by atoms with van der Waals surface area (Å²) in [5.41, 5.74) is 0.541. The van der Waals surface area contributed by atoms with Crippen molar-refractivity contribution in [3.8, 4) is 0 Å². The van der Waals surface area contributed by atoms with Crippen LogP contribution in [0.4, 0.5) is 0 Å². The highest BCUT2D eigenvalue weighted by Gasteiger charge is 2.14. The number of hydrogen-bond acceptors (Lipinski definition) is 2. The molecule has 0 aliphatic carbocycles. The molecule has 1 atom stereocenters. The highest BCUT2D eigenvalue weighted by molar-refractivity contribution is 9.10. The number of aromatic nitrogens is 1. The Morgan fingerprint density at radius 1 is 1.59 bits per heavy atom. The second-order valence-electron chi connectivity index (χ2n) is 3.96. The molecule has 1 aromatic heterocycles. The second kappa shape index (κ2) is 5.86. The fraction of sp³-hybridized carbons (Fsp3) is 0.455. The fourth-order valence-electron chi connectivity index (χ4n) is 1.46. The molecule has 1 rings (SSSR count). The lowest BCUT2D eigenvalue weighted by Crippen LogP contribution is -2.33. The van der Waals surface area contributed by atoms with E-state index in [1.807, 2.05) is 0 Å². The van der Waals surface area contributed by atoms with Crippen molar-refractivity contribution in [1.29, 1.82) is 0 Å². The summed E-state index contributed by atoms with van der Waals surface area (Å²) in [6.07, 6.45) is 2.27. The standard InChI is InChI=1S/C11H15BrN2O3/c1-7(3-4-10(15)16)13-11(17)9-5-8(12)6-14(9)2/h5-7H,3-4H2,1-2H3,(H,13,17)(H,15,16). The fourth-order valence-corrected chi connectivity index (χ4v) is 1.98. The van der Waals surface area contributed by atoms with E-state index in [9.17, 15) is 9.59 Å². The smallest absolute Gasteiger partial charge is 0.303 e. The van der Waals surface area contributed by atoms with Gasteiger partial charge in [0, 0.05) is 30.2 Å². The van der Waals surface area contributed by atoms with Gasteiger partial charge >= 0.3 is 5.97 Å². The van der Waals surface area contributed by atoms with Gasteiger partial charge in [0.1, 0.15) is 5.69 Å². The van der Waals surface area contributed by atoms with Crippen LogP contribution >= 0.6 is 15.9 Å². The van der Waals surface area contributed by atoms with Crippen LogP contribution in [0.15, 0.2) is 16.7 Å². The number of nitrogens with zero attached hydrogens (tertiary/aromatic N) is 1. The van der Waals surface area contributed by atoms with Crippen LogP contribution in [-0.2, 0) is 11.8 Å². The van der Waals surface area contributed by atoms with Crippen molar-refractivity contribution in [3.05, 3.63) is 22.4 Å². The molecule has 0 fully saturated rings. The van der Waals surface area contributed by atoms with Crippen molar-refractivity contribution in [2.75, 3.05) is 0 Å². The van der Waals surface area contributed by atoms with E-state index in [1.54, 1.807) is 30.8 Å². The molecule has 0 saturated carbocycles. The topological polar surface area (TPSA) is 71.3 Å². The van der Waals surface area contributed by atoms with Gasteiger partial charge in [0.05, 0.1) is 0 Å². The highest BCUT2D eigenvalue weighted by Crippen LogP contribution is 2.13. The van der Waals surface area contributed by atoms with E-state index in [-0.39, 0.29) is 18.4 Å². The van der Waals surface area contributed by atoms with Gasteiger partial charge in [-0.15, -0.1) is 0 Å². The summed E-state index contributed by atoms with van der Waals surface area (Å²) in [7, 11) is 1.78. The number of hydrogen-bond donors (Lipinski definition) is 2. The number of amides is 1. The molecule has 1 amide bonds. The van der Waals surface area contributed by atoms with Gasteiger partial charge in [-0.3, -0.25) is 9.59 Å². The molecule has 17 heavy (non-hydrogen) atoms. The Balaban J connectivity index is 2.54. The Bertz CT molecular complexity index is 428. The van der Waals surface area contributed by atoms with E-state index in [2.05, 4.69) is 21.2 Å². The number of nitrogens with one attached hydrogen (secondary N) is 1. The zero-order valence-corrected chi connectivity index (χ0v) is 11.3. The Morgan fingerprint density at radius 3 is 2.71 bits per heavy atom. The molecular formula is C11H15BrN2O3. The number of rotatable bonds is 5. The van der Waals surface area contributed by atoms with Crippen LogP contribution in [0.5, 0.6) is 0 Å². The average molecular weight is 303 g/mol. The zero-order chi connectivity index (χ0) is 13.0. The first-order valence-electron chi connectivity index (χ1n) is 5.24. The highest BCUT2D eigenvalue weighted by atomic mass is 79.9. The summed E-state index contributed by atoms with van der Waals surface area (Å²) in [6, 6.07) is 1.56. The first-order valence-corrected chi connectivity index (χ1v) is 6.04. The lowest BCUT2D eigenvalue weighted by atomic mass is 10.2. The molecule has 0 radical (unpaired) electrons. The largest absolute Gasteiger partial charge is 0.481 e. The van der Waals surface area contributed by atoms with Crippen LogP contribution in [0.25, 0.3) is 0 Å². The van der Waals surface area contributed by atoms with E-state index >= 15 is 0 Å². The first-order chi connectivity index (χ1) is 7.90. The van der Waals surface area contributed by atoms with E-state index in [4.69, 9.17) is 5.11 Å². The number of carbonyl (C=O) groups excluding carboxylic acids is 1. The van der Waals surface area contributed by atoms with Gasteiger partial charge in [-0.25, -0.2) is 0 Å². The van der Waals surface area contributed by atoms with E-state index in [0.29, 0.717) is 12.1 Å². The Morgan fingerprint density at radius 2 is 2.24 bits per heavy atom. The second-order valence-corrected chi connectivity index (χ2v) is 4.88. The quantitative estimate of drug-likeness (QED) is 0.871. The number of aliphatic carboxylic acids is 1. The summed E-state index contributed by atoms with van der Waals surface area (Å²) in [5, 5.41) is 11.3. The zero-order valence-electron chi connectivity index (χ0n) is 9.74. The number of carbonyl (C=O) groups is 2. The minimum Gasteiger partial charge on any atom is -0.481 e.